The molecule has 0 atom stereocenters. The first-order chi connectivity index (χ1) is 8.16. The maximum absolute atomic E-state index is 12.0. The second-order valence-electron chi connectivity index (χ2n) is 4.02. The van der Waals surface area contributed by atoms with Crippen molar-refractivity contribution in [3.63, 3.8) is 0 Å². The molecule has 0 aliphatic carbocycles. The van der Waals surface area contributed by atoms with Crippen LogP contribution in [0.5, 0.6) is 5.75 Å². The number of aromatic hydroxyl groups is 1. The van der Waals surface area contributed by atoms with Gasteiger partial charge in [0.15, 0.2) is 0 Å². The Morgan fingerprint density at radius 3 is 2.82 bits per heavy atom. The van der Waals surface area contributed by atoms with Gasteiger partial charge in [0.25, 0.3) is 5.91 Å². The van der Waals surface area contributed by atoms with Gasteiger partial charge in [-0.15, -0.1) is 0 Å². The quantitative estimate of drug-likeness (QED) is 0.869. The lowest BCUT2D eigenvalue weighted by molar-refractivity contribution is 0.0934. The summed E-state index contributed by atoms with van der Waals surface area (Å²) in [6.45, 7) is 0. The van der Waals surface area contributed by atoms with E-state index in [2.05, 4.69) is 5.32 Å². The molecule has 0 bridgehead atoms. The number of hydrogen-bond acceptors (Lipinski definition) is 3. The third kappa shape index (κ3) is 3.30. The first-order valence-electron chi connectivity index (χ1n) is 5.54. The lowest BCUT2D eigenvalue weighted by Crippen LogP contribution is -2.37. The van der Waals surface area contributed by atoms with Crippen LogP contribution in [0.2, 0.25) is 5.02 Å². The Morgan fingerprint density at radius 1 is 1.41 bits per heavy atom. The monoisotopic (exact) mass is 271 g/mol. The molecule has 1 saturated heterocycles. The standard InChI is InChI=1S/C12H14ClNO2S/c13-11-2-1-9(15)7-10(11)12(16)14-8-3-5-17-6-4-8/h1-2,7-8,15H,3-6H2,(H,14,16). The molecule has 1 amide bonds. The van der Waals surface area contributed by atoms with Gasteiger partial charge in [-0.1, -0.05) is 11.6 Å². The second kappa shape index (κ2) is 5.65. The molecule has 0 aromatic heterocycles. The number of phenols is 1. The normalized spacial score (nSPS) is 16.8. The van der Waals surface area contributed by atoms with Gasteiger partial charge in [0, 0.05) is 6.04 Å². The number of rotatable bonds is 2. The van der Waals surface area contributed by atoms with Crippen molar-refractivity contribution >= 4 is 29.3 Å². The van der Waals surface area contributed by atoms with Crippen LogP contribution in [0.1, 0.15) is 23.2 Å². The van der Waals surface area contributed by atoms with Crippen molar-refractivity contribution in [3.05, 3.63) is 28.8 Å². The van der Waals surface area contributed by atoms with E-state index in [4.69, 9.17) is 11.6 Å². The molecule has 5 heteroatoms. The average molecular weight is 272 g/mol. The molecule has 0 radical (unpaired) electrons. The van der Waals surface area contributed by atoms with E-state index in [0.29, 0.717) is 10.6 Å². The van der Waals surface area contributed by atoms with Gasteiger partial charge >= 0.3 is 0 Å². The summed E-state index contributed by atoms with van der Waals surface area (Å²) in [5, 5.41) is 12.7. The van der Waals surface area contributed by atoms with Crippen molar-refractivity contribution in [1.82, 2.24) is 5.32 Å². The van der Waals surface area contributed by atoms with E-state index in [9.17, 15) is 9.90 Å². The SMILES string of the molecule is O=C(NC1CCSCC1)c1cc(O)ccc1Cl. The third-order valence-electron chi connectivity index (χ3n) is 2.75. The van der Waals surface area contributed by atoms with E-state index in [-0.39, 0.29) is 17.7 Å². The van der Waals surface area contributed by atoms with Gasteiger partial charge in [-0.3, -0.25) is 4.79 Å². The smallest absolute Gasteiger partial charge is 0.253 e. The molecule has 1 fully saturated rings. The zero-order chi connectivity index (χ0) is 12.3. The highest BCUT2D eigenvalue weighted by atomic mass is 35.5. The Bertz CT molecular complexity index is 419. The molecule has 1 aromatic rings. The second-order valence-corrected chi connectivity index (χ2v) is 5.66. The number of carbonyl (C=O) groups is 1. The van der Waals surface area contributed by atoms with Crippen molar-refractivity contribution in [2.24, 2.45) is 0 Å². The Kier molecular flexibility index (Phi) is 4.18. The molecule has 1 aromatic carbocycles. The Hall–Kier alpha value is -0.870. The fraction of sp³-hybridized carbons (Fsp3) is 0.417. The molecule has 1 aliphatic rings. The van der Waals surface area contributed by atoms with Crippen LogP contribution in [0, 0.1) is 0 Å². The van der Waals surface area contributed by atoms with Crippen LogP contribution >= 0.6 is 23.4 Å². The minimum absolute atomic E-state index is 0.0544. The minimum Gasteiger partial charge on any atom is -0.508 e. The van der Waals surface area contributed by atoms with Gasteiger partial charge in [0.1, 0.15) is 5.75 Å². The van der Waals surface area contributed by atoms with Gasteiger partial charge < -0.3 is 10.4 Å². The van der Waals surface area contributed by atoms with Crippen LogP contribution in [0.25, 0.3) is 0 Å². The van der Waals surface area contributed by atoms with Crippen LogP contribution < -0.4 is 5.32 Å². The van der Waals surface area contributed by atoms with Crippen molar-refractivity contribution in [2.75, 3.05) is 11.5 Å². The highest BCUT2D eigenvalue weighted by Crippen LogP contribution is 2.22. The Morgan fingerprint density at radius 2 is 2.12 bits per heavy atom. The number of nitrogens with one attached hydrogen (secondary N) is 1. The van der Waals surface area contributed by atoms with E-state index in [1.807, 2.05) is 11.8 Å². The lowest BCUT2D eigenvalue weighted by atomic mass is 10.1. The number of phenolic OH excluding ortho intramolecular Hbond substituents is 1. The van der Waals surface area contributed by atoms with E-state index < -0.39 is 0 Å². The van der Waals surface area contributed by atoms with E-state index in [1.165, 1.54) is 18.2 Å². The zero-order valence-corrected chi connectivity index (χ0v) is 10.9. The number of thioether (sulfide) groups is 1. The molecule has 92 valence electrons. The molecule has 17 heavy (non-hydrogen) atoms. The molecule has 0 saturated carbocycles. The Labute approximate surface area is 110 Å². The first-order valence-corrected chi connectivity index (χ1v) is 7.07. The number of amides is 1. The van der Waals surface area contributed by atoms with Gasteiger partial charge in [0.05, 0.1) is 10.6 Å². The van der Waals surface area contributed by atoms with Gasteiger partial charge in [0.2, 0.25) is 0 Å². The Balaban J connectivity index is 2.05. The molecule has 2 rings (SSSR count). The minimum atomic E-state index is -0.206. The van der Waals surface area contributed by atoms with E-state index in [1.54, 1.807) is 0 Å². The van der Waals surface area contributed by atoms with Crippen LogP contribution in [0.3, 0.4) is 0 Å². The molecule has 3 nitrogen and oxygen atoms in total. The summed E-state index contributed by atoms with van der Waals surface area (Å²) < 4.78 is 0. The largest absolute Gasteiger partial charge is 0.508 e. The molecular formula is C12H14ClNO2S. The molecule has 1 aliphatic heterocycles. The highest BCUT2D eigenvalue weighted by Gasteiger charge is 2.18. The average Bonchev–Trinajstić information content (AvgIpc) is 2.33. The van der Waals surface area contributed by atoms with Gasteiger partial charge in [-0.25, -0.2) is 0 Å². The summed E-state index contributed by atoms with van der Waals surface area (Å²) in [5.74, 6) is 2.01. The zero-order valence-electron chi connectivity index (χ0n) is 9.28. The summed E-state index contributed by atoms with van der Waals surface area (Å²) in [5.41, 5.74) is 0.338. The maximum atomic E-state index is 12.0. The summed E-state index contributed by atoms with van der Waals surface area (Å²) >= 11 is 7.84. The summed E-state index contributed by atoms with van der Waals surface area (Å²) in [6, 6.07) is 4.62. The van der Waals surface area contributed by atoms with Gasteiger partial charge in [-0.2, -0.15) is 11.8 Å². The van der Waals surface area contributed by atoms with Crippen LogP contribution in [-0.4, -0.2) is 28.6 Å². The lowest BCUT2D eigenvalue weighted by Gasteiger charge is -2.22. The maximum Gasteiger partial charge on any atom is 0.253 e. The number of benzene rings is 1. The number of halogens is 1. The summed E-state index contributed by atoms with van der Waals surface area (Å²) in [4.78, 5) is 12.0. The fourth-order valence-electron chi connectivity index (χ4n) is 1.79. The van der Waals surface area contributed by atoms with E-state index >= 15 is 0 Å². The number of carbonyl (C=O) groups excluding carboxylic acids is 1. The third-order valence-corrected chi connectivity index (χ3v) is 4.13. The van der Waals surface area contributed by atoms with Crippen LogP contribution in [0.15, 0.2) is 18.2 Å². The van der Waals surface area contributed by atoms with E-state index in [0.717, 1.165) is 24.3 Å². The van der Waals surface area contributed by atoms with Crippen molar-refractivity contribution in [1.29, 1.82) is 0 Å². The van der Waals surface area contributed by atoms with Crippen molar-refractivity contribution in [2.45, 2.75) is 18.9 Å². The predicted octanol–water partition coefficient (Wildman–Crippen LogP) is 2.67. The van der Waals surface area contributed by atoms with Crippen molar-refractivity contribution in [3.8, 4) is 5.75 Å². The van der Waals surface area contributed by atoms with Crippen molar-refractivity contribution < 1.29 is 9.90 Å². The van der Waals surface area contributed by atoms with Gasteiger partial charge in [-0.05, 0) is 42.5 Å². The van der Waals surface area contributed by atoms with Crippen LogP contribution in [-0.2, 0) is 0 Å². The molecule has 0 unspecified atom stereocenters. The molecule has 2 N–H and O–H groups in total. The number of hydrogen-bond donors (Lipinski definition) is 2. The first kappa shape index (κ1) is 12.6. The summed E-state index contributed by atoms with van der Waals surface area (Å²) in [6.07, 6.45) is 1.99. The highest BCUT2D eigenvalue weighted by molar-refractivity contribution is 7.99. The predicted molar refractivity (Wildman–Crippen MR) is 70.9 cm³/mol. The molecular weight excluding hydrogens is 258 g/mol. The molecule has 1 heterocycles. The topological polar surface area (TPSA) is 49.3 Å². The van der Waals surface area contributed by atoms with Crippen LogP contribution in [0.4, 0.5) is 0 Å². The summed E-state index contributed by atoms with van der Waals surface area (Å²) in [7, 11) is 0. The fourth-order valence-corrected chi connectivity index (χ4v) is 3.10. The molecule has 0 spiro atoms.